The molecular weight excluding hydrogens is 386 g/mol. The van der Waals surface area contributed by atoms with Crippen molar-refractivity contribution < 1.29 is 8.78 Å². The van der Waals surface area contributed by atoms with Crippen LogP contribution in [-0.4, -0.2) is 56.7 Å². The molecule has 6 nitrogen and oxygen atoms in total. The van der Waals surface area contributed by atoms with Crippen molar-refractivity contribution in [1.82, 2.24) is 24.6 Å². The predicted molar refractivity (Wildman–Crippen MR) is 113 cm³/mol. The van der Waals surface area contributed by atoms with Crippen LogP contribution in [-0.2, 0) is 6.42 Å². The van der Waals surface area contributed by atoms with Crippen LogP contribution >= 0.6 is 0 Å². The number of likely N-dealkylation sites (N-methyl/N-ethyl adjacent to an activating group) is 1. The van der Waals surface area contributed by atoms with Crippen LogP contribution in [0.25, 0.3) is 5.95 Å². The molecule has 1 N–H and O–H groups in total. The molecule has 2 aliphatic carbocycles. The van der Waals surface area contributed by atoms with Crippen LogP contribution in [0.2, 0.25) is 0 Å². The van der Waals surface area contributed by atoms with Crippen LogP contribution in [0.4, 0.5) is 14.6 Å². The highest BCUT2D eigenvalue weighted by Crippen LogP contribution is 2.38. The van der Waals surface area contributed by atoms with Crippen LogP contribution in [0.3, 0.4) is 0 Å². The zero-order valence-corrected chi connectivity index (χ0v) is 18.2. The smallest absolute Gasteiger partial charge is 0.252 e. The fourth-order valence-electron chi connectivity index (χ4n) is 4.53. The highest BCUT2D eigenvalue weighted by Gasteiger charge is 2.39. The van der Waals surface area contributed by atoms with Gasteiger partial charge in [-0.2, -0.15) is 10.1 Å². The zero-order chi connectivity index (χ0) is 21.4. The summed E-state index contributed by atoms with van der Waals surface area (Å²) in [5.41, 5.74) is 1.95. The Balaban J connectivity index is 1.54. The fourth-order valence-corrected chi connectivity index (χ4v) is 4.53. The van der Waals surface area contributed by atoms with Gasteiger partial charge in [-0.3, -0.25) is 0 Å². The molecule has 2 fully saturated rings. The molecule has 2 aliphatic rings. The molecule has 2 saturated carbocycles. The van der Waals surface area contributed by atoms with E-state index >= 15 is 0 Å². The van der Waals surface area contributed by atoms with E-state index in [1.54, 1.807) is 4.68 Å². The second kappa shape index (κ2) is 8.21. The molecule has 0 bridgehead atoms. The van der Waals surface area contributed by atoms with E-state index < -0.39 is 5.92 Å². The quantitative estimate of drug-likeness (QED) is 0.729. The fraction of sp³-hybridized carbons (Fsp3) is 0.682. The van der Waals surface area contributed by atoms with Crippen LogP contribution in [0.15, 0.2) is 18.3 Å². The summed E-state index contributed by atoms with van der Waals surface area (Å²) in [6.07, 6.45) is 7.18. The number of aromatic nitrogens is 4. The standard InChI is InChI=1S/C22H32F2N6/c1-16-7-12-30(28-16)20-26-18(13-17-5-10-22(23,24)11-6-17)14-19(27-20)25-15-21(29(2)3)8-4-9-21/h7,12,14,17H,4-6,8-11,13,15H2,1-3H3,(H,25,26,27). The largest absolute Gasteiger partial charge is 0.368 e. The molecule has 30 heavy (non-hydrogen) atoms. The van der Waals surface area contributed by atoms with Crippen molar-refractivity contribution >= 4 is 5.82 Å². The van der Waals surface area contributed by atoms with E-state index in [4.69, 9.17) is 9.97 Å². The minimum Gasteiger partial charge on any atom is -0.368 e. The van der Waals surface area contributed by atoms with Crippen molar-refractivity contribution in [3.05, 3.63) is 29.7 Å². The molecule has 0 saturated heterocycles. The second-order valence-corrected chi connectivity index (χ2v) is 9.28. The number of nitrogens with zero attached hydrogens (tertiary/aromatic N) is 5. The number of anilines is 1. The average Bonchev–Trinajstić information content (AvgIpc) is 3.09. The number of hydrogen-bond donors (Lipinski definition) is 1. The monoisotopic (exact) mass is 418 g/mol. The van der Waals surface area contributed by atoms with Crippen molar-refractivity contribution in [3.63, 3.8) is 0 Å². The molecule has 0 spiro atoms. The van der Waals surface area contributed by atoms with Crippen molar-refractivity contribution in [1.29, 1.82) is 0 Å². The third-order valence-corrected chi connectivity index (χ3v) is 6.86. The minimum atomic E-state index is -2.50. The molecule has 2 aromatic heterocycles. The van der Waals surface area contributed by atoms with Crippen LogP contribution in [0, 0.1) is 12.8 Å². The Kier molecular flexibility index (Phi) is 5.79. The zero-order valence-electron chi connectivity index (χ0n) is 18.2. The summed E-state index contributed by atoms with van der Waals surface area (Å²) in [5.74, 6) is -0.968. The Bertz CT molecular complexity index is 864. The number of aryl methyl sites for hydroxylation is 1. The third kappa shape index (κ3) is 4.63. The Morgan fingerprint density at radius 3 is 2.47 bits per heavy atom. The first kappa shape index (κ1) is 21.2. The van der Waals surface area contributed by atoms with Gasteiger partial charge in [-0.25, -0.2) is 18.4 Å². The molecule has 2 aromatic rings. The third-order valence-electron chi connectivity index (χ3n) is 6.86. The van der Waals surface area contributed by atoms with Crippen molar-refractivity contribution in [2.45, 2.75) is 69.8 Å². The number of hydrogen-bond acceptors (Lipinski definition) is 5. The van der Waals surface area contributed by atoms with E-state index in [0.717, 1.165) is 23.8 Å². The molecule has 0 amide bonds. The highest BCUT2D eigenvalue weighted by atomic mass is 19.3. The Morgan fingerprint density at radius 1 is 1.17 bits per heavy atom. The molecule has 8 heteroatoms. The molecule has 2 heterocycles. The van der Waals surface area contributed by atoms with Crippen molar-refractivity contribution in [3.8, 4) is 5.95 Å². The van der Waals surface area contributed by atoms with E-state index in [2.05, 4.69) is 29.4 Å². The summed E-state index contributed by atoms with van der Waals surface area (Å²) in [5, 5.41) is 7.97. The minimum absolute atomic E-state index is 0.0234. The first-order chi connectivity index (χ1) is 14.2. The maximum absolute atomic E-state index is 13.5. The molecular formula is C22H32F2N6. The van der Waals surface area contributed by atoms with E-state index in [0.29, 0.717) is 25.2 Å². The summed E-state index contributed by atoms with van der Waals surface area (Å²) in [4.78, 5) is 11.7. The van der Waals surface area contributed by atoms with Gasteiger partial charge >= 0.3 is 0 Å². The van der Waals surface area contributed by atoms with Gasteiger partial charge in [0.15, 0.2) is 0 Å². The van der Waals surface area contributed by atoms with Gasteiger partial charge < -0.3 is 10.2 Å². The van der Waals surface area contributed by atoms with Crippen LogP contribution in [0.5, 0.6) is 0 Å². The maximum Gasteiger partial charge on any atom is 0.252 e. The molecule has 0 radical (unpaired) electrons. The van der Waals surface area contributed by atoms with Gasteiger partial charge in [-0.15, -0.1) is 0 Å². The molecule has 0 aromatic carbocycles. The van der Waals surface area contributed by atoms with E-state index in [1.807, 2.05) is 25.3 Å². The van der Waals surface area contributed by atoms with Crippen LogP contribution in [0.1, 0.15) is 56.3 Å². The Labute approximate surface area is 177 Å². The maximum atomic E-state index is 13.5. The van der Waals surface area contributed by atoms with E-state index in [1.165, 1.54) is 19.3 Å². The molecule has 0 aliphatic heterocycles. The lowest BCUT2D eigenvalue weighted by Crippen LogP contribution is -2.54. The van der Waals surface area contributed by atoms with Crippen LogP contribution < -0.4 is 5.32 Å². The lowest BCUT2D eigenvalue weighted by Gasteiger charge is -2.47. The average molecular weight is 419 g/mol. The number of nitrogens with one attached hydrogen (secondary N) is 1. The molecule has 0 unspecified atom stereocenters. The summed E-state index contributed by atoms with van der Waals surface area (Å²) in [7, 11) is 4.26. The van der Waals surface area contributed by atoms with Gasteiger partial charge in [0.2, 0.25) is 5.92 Å². The number of rotatable bonds is 7. The van der Waals surface area contributed by atoms with Gasteiger partial charge in [-0.05, 0) is 71.5 Å². The van der Waals surface area contributed by atoms with Gasteiger partial charge in [0.25, 0.3) is 5.95 Å². The second-order valence-electron chi connectivity index (χ2n) is 9.28. The SMILES string of the molecule is Cc1ccn(-c2nc(CC3CCC(F)(F)CC3)cc(NCC3(N(C)C)CCC3)n2)n1. The van der Waals surface area contributed by atoms with Gasteiger partial charge in [0.1, 0.15) is 5.82 Å². The first-order valence-corrected chi connectivity index (χ1v) is 10.9. The van der Waals surface area contributed by atoms with Crippen molar-refractivity contribution in [2.24, 2.45) is 5.92 Å². The molecule has 4 rings (SSSR count). The molecule has 164 valence electrons. The topological polar surface area (TPSA) is 58.9 Å². The summed E-state index contributed by atoms with van der Waals surface area (Å²) in [6, 6.07) is 3.90. The Hall–Kier alpha value is -2.09. The highest BCUT2D eigenvalue weighted by molar-refractivity contribution is 5.40. The van der Waals surface area contributed by atoms with Crippen molar-refractivity contribution in [2.75, 3.05) is 26.0 Å². The normalized spacial score (nSPS) is 20.9. The summed E-state index contributed by atoms with van der Waals surface area (Å²) in [6.45, 7) is 2.75. The lowest BCUT2D eigenvalue weighted by molar-refractivity contribution is -0.0457. The predicted octanol–water partition coefficient (Wildman–Crippen LogP) is 4.23. The number of halogens is 2. The van der Waals surface area contributed by atoms with E-state index in [-0.39, 0.29) is 24.3 Å². The van der Waals surface area contributed by atoms with Gasteiger partial charge in [0.05, 0.1) is 5.69 Å². The summed E-state index contributed by atoms with van der Waals surface area (Å²) < 4.78 is 28.8. The first-order valence-electron chi connectivity index (χ1n) is 10.9. The lowest BCUT2D eigenvalue weighted by atomic mass is 9.75. The van der Waals surface area contributed by atoms with E-state index in [9.17, 15) is 8.78 Å². The Morgan fingerprint density at radius 2 is 1.90 bits per heavy atom. The van der Waals surface area contributed by atoms with Gasteiger partial charge in [0, 0.05) is 42.9 Å². The molecule has 0 atom stereocenters. The van der Waals surface area contributed by atoms with Gasteiger partial charge in [-0.1, -0.05) is 0 Å². The number of alkyl halides is 2. The summed E-state index contributed by atoms with van der Waals surface area (Å²) >= 11 is 0.